The summed E-state index contributed by atoms with van der Waals surface area (Å²) in [6.07, 6.45) is -0.366. The van der Waals surface area contributed by atoms with Gasteiger partial charge >= 0.3 is 0 Å². The Balaban J connectivity index is 1.80. The van der Waals surface area contributed by atoms with Crippen molar-refractivity contribution in [1.29, 1.82) is 0 Å². The molecule has 3 N–H and O–H groups in total. The van der Waals surface area contributed by atoms with Crippen LogP contribution in [0.25, 0.3) is 0 Å². The van der Waals surface area contributed by atoms with Crippen LogP contribution in [-0.2, 0) is 14.4 Å². The average Bonchev–Trinajstić information content (AvgIpc) is 2.97. The van der Waals surface area contributed by atoms with Crippen LogP contribution in [0.15, 0.2) is 72.8 Å². The van der Waals surface area contributed by atoms with Crippen LogP contribution in [0.4, 0.5) is 17.1 Å². The monoisotopic (exact) mass is 573 g/mol. The Bertz CT molecular complexity index is 1420. The van der Waals surface area contributed by atoms with Crippen LogP contribution < -0.4 is 25.0 Å². The maximum Gasteiger partial charge on any atom is 0.235 e. The summed E-state index contributed by atoms with van der Waals surface area (Å²) >= 11 is 0. The third-order valence-electron chi connectivity index (χ3n) is 7.97. The van der Waals surface area contributed by atoms with Gasteiger partial charge in [0.15, 0.2) is 0 Å². The van der Waals surface area contributed by atoms with Crippen molar-refractivity contribution in [1.82, 2.24) is 0 Å². The summed E-state index contributed by atoms with van der Waals surface area (Å²) in [7, 11) is 2.99. The van der Waals surface area contributed by atoms with E-state index >= 15 is 0 Å². The van der Waals surface area contributed by atoms with Gasteiger partial charge in [0.2, 0.25) is 11.8 Å². The number of carbonyl (C=O) groups excluding carboxylic acids is 3. The van der Waals surface area contributed by atoms with E-state index in [1.54, 1.807) is 48.5 Å². The SMILES string of the molecule is CCN(CC)c1ccc(C2C(C(=O)Nc3ccccc3OC)C(=O)CC(C)(O)C2C(=O)Nc2ccccc2OC)cc1. The minimum absolute atomic E-state index is 0.366. The van der Waals surface area contributed by atoms with E-state index in [9.17, 15) is 19.5 Å². The molecule has 4 unspecified atom stereocenters. The molecule has 1 aliphatic rings. The highest BCUT2D eigenvalue weighted by atomic mass is 16.5. The van der Waals surface area contributed by atoms with Crippen molar-refractivity contribution < 1.29 is 29.0 Å². The highest BCUT2D eigenvalue weighted by Crippen LogP contribution is 2.47. The molecule has 2 amide bonds. The fourth-order valence-corrected chi connectivity index (χ4v) is 5.90. The normalized spacial score (nSPS) is 21.8. The second-order valence-electron chi connectivity index (χ2n) is 10.6. The van der Waals surface area contributed by atoms with E-state index in [4.69, 9.17) is 9.47 Å². The fourth-order valence-electron chi connectivity index (χ4n) is 5.90. The summed E-state index contributed by atoms with van der Waals surface area (Å²) in [6, 6.07) is 21.4. The zero-order valence-corrected chi connectivity index (χ0v) is 24.7. The molecular formula is C33H39N3O6. The maximum absolute atomic E-state index is 14.0. The standard InChI is InChI=1S/C33H39N3O6/c1-6-36(7-2)22-18-16-21(17-19-22)28-29(31(38)34-23-12-8-10-14-26(23)41-4)25(37)20-33(3,40)30(28)32(39)35-24-13-9-11-15-27(24)42-5/h8-19,28-30,40H,6-7,20H2,1-5H3,(H,34,38)(H,35,39). The van der Waals surface area contributed by atoms with Crippen molar-refractivity contribution in [2.75, 3.05) is 42.8 Å². The van der Waals surface area contributed by atoms with E-state index in [0.717, 1.165) is 18.8 Å². The van der Waals surface area contributed by atoms with Crippen LogP contribution in [-0.4, -0.2) is 55.6 Å². The van der Waals surface area contributed by atoms with Crippen LogP contribution in [0.1, 0.15) is 38.7 Å². The molecule has 0 bridgehead atoms. The van der Waals surface area contributed by atoms with E-state index in [-0.39, 0.29) is 6.42 Å². The highest BCUT2D eigenvalue weighted by Gasteiger charge is 2.56. The summed E-state index contributed by atoms with van der Waals surface area (Å²) in [5, 5.41) is 17.3. The molecule has 1 fully saturated rings. The predicted molar refractivity (Wildman–Crippen MR) is 163 cm³/mol. The molecule has 42 heavy (non-hydrogen) atoms. The Morgan fingerprint density at radius 2 is 1.36 bits per heavy atom. The molecule has 0 saturated heterocycles. The van der Waals surface area contributed by atoms with Crippen LogP contribution >= 0.6 is 0 Å². The van der Waals surface area contributed by atoms with Gasteiger partial charge in [0, 0.05) is 31.1 Å². The van der Waals surface area contributed by atoms with Crippen molar-refractivity contribution in [2.24, 2.45) is 11.8 Å². The van der Waals surface area contributed by atoms with Gasteiger partial charge in [-0.1, -0.05) is 36.4 Å². The first kappa shape index (κ1) is 30.6. The number of aliphatic hydroxyl groups is 1. The van der Waals surface area contributed by atoms with E-state index < -0.39 is 41.0 Å². The molecular weight excluding hydrogens is 534 g/mol. The maximum atomic E-state index is 14.0. The average molecular weight is 574 g/mol. The van der Waals surface area contributed by atoms with Crippen molar-refractivity contribution in [3.63, 3.8) is 0 Å². The second kappa shape index (κ2) is 13.1. The summed E-state index contributed by atoms with van der Waals surface area (Å²) < 4.78 is 10.8. The molecule has 0 radical (unpaired) electrons. The van der Waals surface area contributed by atoms with Gasteiger partial charge in [-0.25, -0.2) is 0 Å². The first-order chi connectivity index (χ1) is 20.1. The highest BCUT2D eigenvalue weighted by molar-refractivity contribution is 6.11. The Morgan fingerprint density at radius 1 is 0.857 bits per heavy atom. The van der Waals surface area contributed by atoms with Crippen molar-refractivity contribution in [2.45, 2.75) is 38.7 Å². The number of amides is 2. The number of methoxy groups -OCH3 is 2. The Hall–Kier alpha value is -4.37. The molecule has 4 atom stereocenters. The Kier molecular flexibility index (Phi) is 9.52. The van der Waals surface area contributed by atoms with Gasteiger partial charge < -0.3 is 30.1 Å². The molecule has 0 heterocycles. The predicted octanol–water partition coefficient (Wildman–Crippen LogP) is 4.87. The van der Waals surface area contributed by atoms with Crippen LogP contribution in [0.3, 0.4) is 0 Å². The lowest BCUT2D eigenvalue weighted by Gasteiger charge is -2.44. The number of ketones is 1. The van der Waals surface area contributed by atoms with E-state index in [0.29, 0.717) is 28.4 Å². The zero-order valence-electron chi connectivity index (χ0n) is 24.7. The molecule has 1 aliphatic carbocycles. The summed E-state index contributed by atoms with van der Waals surface area (Å²) in [6.45, 7) is 7.21. The van der Waals surface area contributed by atoms with Crippen LogP contribution in [0.5, 0.6) is 11.5 Å². The van der Waals surface area contributed by atoms with E-state index in [1.807, 2.05) is 24.3 Å². The first-order valence-electron chi connectivity index (χ1n) is 14.1. The van der Waals surface area contributed by atoms with E-state index in [1.165, 1.54) is 21.1 Å². The molecule has 4 rings (SSSR count). The third-order valence-corrected chi connectivity index (χ3v) is 7.97. The van der Waals surface area contributed by atoms with Gasteiger partial charge in [0.1, 0.15) is 23.2 Å². The largest absolute Gasteiger partial charge is 0.495 e. The number of Topliss-reactive ketones (excluding diaryl/α,β-unsaturated/α-hetero) is 1. The number of anilines is 3. The van der Waals surface area contributed by atoms with Gasteiger partial charge in [-0.2, -0.15) is 0 Å². The second-order valence-corrected chi connectivity index (χ2v) is 10.6. The summed E-state index contributed by atoms with van der Waals surface area (Å²) in [4.78, 5) is 43.8. The summed E-state index contributed by atoms with van der Waals surface area (Å²) in [5.41, 5.74) is 0.665. The number of para-hydroxylation sites is 4. The minimum Gasteiger partial charge on any atom is -0.495 e. The van der Waals surface area contributed by atoms with Crippen LogP contribution in [0.2, 0.25) is 0 Å². The zero-order chi connectivity index (χ0) is 30.4. The number of rotatable bonds is 10. The first-order valence-corrected chi connectivity index (χ1v) is 14.1. The van der Waals surface area contributed by atoms with Gasteiger partial charge in [0.25, 0.3) is 0 Å². The van der Waals surface area contributed by atoms with Gasteiger partial charge in [-0.05, 0) is 62.7 Å². The molecule has 3 aromatic carbocycles. The molecule has 222 valence electrons. The molecule has 0 aliphatic heterocycles. The van der Waals surface area contributed by atoms with Gasteiger partial charge in [-0.15, -0.1) is 0 Å². The van der Waals surface area contributed by atoms with E-state index in [2.05, 4.69) is 29.4 Å². The van der Waals surface area contributed by atoms with Crippen molar-refractivity contribution in [3.8, 4) is 11.5 Å². The smallest absolute Gasteiger partial charge is 0.235 e. The lowest BCUT2D eigenvalue weighted by Crippen LogP contribution is -2.56. The number of nitrogens with zero attached hydrogens (tertiary/aromatic N) is 1. The molecule has 3 aromatic rings. The Morgan fingerprint density at radius 3 is 1.86 bits per heavy atom. The summed E-state index contributed by atoms with van der Waals surface area (Å²) in [5.74, 6) is -4.02. The molecule has 1 saturated carbocycles. The number of nitrogens with one attached hydrogen (secondary N) is 2. The lowest BCUT2D eigenvalue weighted by molar-refractivity contribution is -0.150. The third kappa shape index (κ3) is 6.26. The van der Waals surface area contributed by atoms with Crippen LogP contribution in [0, 0.1) is 11.8 Å². The van der Waals surface area contributed by atoms with Gasteiger partial charge in [-0.3, -0.25) is 14.4 Å². The van der Waals surface area contributed by atoms with Crippen molar-refractivity contribution >= 4 is 34.7 Å². The fraction of sp³-hybridized carbons (Fsp3) is 0.364. The lowest BCUT2D eigenvalue weighted by atomic mass is 9.61. The molecule has 0 aromatic heterocycles. The number of carbonyl (C=O) groups is 3. The number of ether oxygens (including phenoxy) is 2. The molecule has 9 nitrogen and oxygen atoms in total. The molecule has 0 spiro atoms. The number of hydrogen-bond acceptors (Lipinski definition) is 7. The number of benzene rings is 3. The van der Waals surface area contributed by atoms with Gasteiger partial charge in [0.05, 0.1) is 37.1 Å². The number of hydrogen-bond donors (Lipinski definition) is 3. The quantitative estimate of drug-likeness (QED) is 0.296. The minimum atomic E-state index is -1.73. The molecule has 9 heteroatoms. The van der Waals surface area contributed by atoms with Crippen molar-refractivity contribution in [3.05, 3.63) is 78.4 Å². The Labute approximate surface area is 246 Å². The topological polar surface area (TPSA) is 117 Å².